The fourth-order valence-electron chi connectivity index (χ4n) is 1.74. The Morgan fingerprint density at radius 2 is 1.76 bits per heavy atom. The second-order valence-electron chi connectivity index (χ2n) is 4.10. The van der Waals surface area contributed by atoms with Gasteiger partial charge in [0.15, 0.2) is 0 Å². The molecule has 0 radical (unpaired) electrons. The largest absolute Gasteiger partial charge is 0.497 e. The van der Waals surface area contributed by atoms with Crippen molar-refractivity contribution in [3.05, 3.63) is 47.5 Å². The second kappa shape index (κ2) is 6.24. The van der Waals surface area contributed by atoms with E-state index in [1.54, 1.807) is 30.3 Å². The first-order valence-corrected chi connectivity index (χ1v) is 7.83. The minimum atomic E-state index is -3.85. The lowest BCUT2D eigenvalue weighted by Gasteiger charge is -2.13. The fraction of sp³-hybridized carbons (Fsp3) is 0.143. The molecule has 0 spiro atoms. The number of hydrogen-bond donors (Lipinski definition) is 1. The third-order valence-corrected chi connectivity index (χ3v) is 4.49. The lowest BCUT2D eigenvalue weighted by Crippen LogP contribution is -2.14. The predicted octanol–water partition coefficient (Wildman–Crippen LogP) is 3.16. The van der Waals surface area contributed by atoms with Gasteiger partial charge in [0, 0.05) is 6.07 Å². The van der Waals surface area contributed by atoms with Crippen LogP contribution >= 0.6 is 11.6 Å². The normalized spacial score (nSPS) is 11.0. The average molecular weight is 328 g/mol. The molecule has 0 aromatic heterocycles. The molecule has 0 aliphatic rings. The molecule has 0 unspecified atom stereocenters. The fourth-order valence-corrected chi connectivity index (χ4v) is 3.24. The summed E-state index contributed by atoms with van der Waals surface area (Å²) in [6.45, 7) is 0. The van der Waals surface area contributed by atoms with Crippen LogP contribution in [0, 0.1) is 0 Å². The van der Waals surface area contributed by atoms with E-state index in [1.807, 2.05) is 0 Å². The molecule has 0 saturated heterocycles. The molecule has 2 aromatic rings. The Kier molecular flexibility index (Phi) is 4.59. The van der Waals surface area contributed by atoms with Crippen LogP contribution in [-0.4, -0.2) is 22.6 Å². The van der Waals surface area contributed by atoms with Crippen LogP contribution in [0.25, 0.3) is 0 Å². The molecule has 2 aromatic carbocycles. The molecule has 1 N–H and O–H groups in total. The van der Waals surface area contributed by atoms with Crippen LogP contribution in [0.1, 0.15) is 0 Å². The SMILES string of the molecule is COc1ccc(OC)c(S(=O)(=O)Nc2ccccc2Cl)c1. The van der Waals surface area contributed by atoms with Crippen LogP contribution in [0.3, 0.4) is 0 Å². The minimum absolute atomic E-state index is 0.0238. The van der Waals surface area contributed by atoms with Crippen molar-refractivity contribution < 1.29 is 17.9 Å². The van der Waals surface area contributed by atoms with Gasteiger partial charge in [0.05, 0.1) is 24.9 Å². The molecular formula is C14H14ClNO4S. The summed E-state index contributed by atoms with van der Waals surface area (Å²) in [4.78, 5) is -0.0238. The lowest BCUT2D eigenvalue weighted by molar-refractivity contribution is 0.392. The summed E-state index contributed by atoms with van der Waals surface area (Å²) >= 11 is 5.97. The van der Waals surface area contributed by atoms with Crippen molar-refractivity contribution in [1.82, 2.24) is 0 Å². The Morgan fingerprint density at radius 3 is 2.38 bits per heavy atom. The van der Waals surface area contributed by atoms with Gasteiger partial charge in [0.25, 0.3) is 10.0 Å². The lowest BCUT2D eigenvalue weighted by atomic mass is 10.3. The number of sulfonamides is 1. The topological polar surface area (TPSA) is 64.6 Å². The van der Waals surface area contributed by atoms with Gasteiger partial charge in [-0.1, -0.05) is 23.7 Å². The van der Waals surface area contributed by atoms with Gasteiger partial charge in [-0.25, -0.2) is 8.42 Å². The van der Waals surface area contributed by atoms with Gasteiger partial charge < -0.3 is 9.47 Å². The zero-order chi connectivity index (χ0) is 15.5. The van der Waals surface area contributed by atoms with Crippen molar-refractivity contribution in [3.63, 3.8) is 0 Å². The average Bonchev–Trinajstić information content (AvgIpc) is 2.48. The highest BCUT2D eigenvalue weighted by Gasteiger charge is 2.21. The monoisotopic (exact) mass is 327 g/mol. The van der Waals surface area contributed by atoms with Gasteiger partial charge in [-0.05, 0) is 24.3 Å². The van der Waals surface area contributed by atoms with Crippen molar-refractivity contribution in [2.24, 2.45) is 0 Å². The second-order valence-corrected chi connectivity index (χ2v) is 6.16. The van der Waals surface area contributed by atoms with Crippen molar-refractivity contribution in [1.29, 1.82) is 0 Å². The van der Waals surface area contributed by atoms with Gasteiger partial charge in [-0.2, -0.15) is 0 Å². The van der Waals surface area contributed by atoms with Crippen LogP contribution in [0.15, 0.2) is 47.4 Å². The van der Waals surface area contributed by atoms with Crippen LogP contribution < -0.4 is 14.2 Å². The number of nitrogens with one attached hydrogen (secondary N) is 1. The molecule has 2 rings (SSSR count). The number of para-hydroxylation sites is 1. The number of hydrogen-bond acceptors (Lipinski definition) is 4. The van der Waals surface area contributed by atoms with E-state index in [0.717, 1.165) is 0 Å². The Hall–Kier alpha value is -1.92. The molecule has 0 aliphatic heterocycles. The first-order chi connectivity index (χ1) is 9.97. The van der Waals surface area contributed by atoms with E-state index in [-0.39, 0.29) is 10.6 Å². The van der Waals surface area contributed by atoms with Crippen molar-refractivity contribution in [2.75, 3.05) is 18.9 Å². The van der Waals surface area contributed by atoms with Gasteiger partial charge >= 0.3 is 0 Å². The zero-order valence-corrected chi connectivity index (χ0v) is 13.0. The summed E-state index contributed by atoms with van der Waals surface area (Å²) in [6.07, 6.45) is 0. The molecule has 21 heavy (non-hydrogen) atoms. The summed E-state index contributed by atoms with van der Waals surface area (Å²) in [6, 6.07) is 11.1. The molecule has 5 nitrogen and oxygen atoms in total. The molecular weight excluding hydrogens is 314 g/mol. The third kappa shape index (κ3) is 3.40. The number of benzene rings is 2. The van der Waals surface area contributed by atoms with Crippen molar-refractivity contribution in [2.45, 2.75) is 4.90 Å². The van der Waals surface area contributed by atoms with E-state index in [2.05, 4.69) is 4.72 Å². The highest BCUT2D eigenvalue weighted by atomic mass is 35.5. The maximum atomic E-state index is 12.5. The molecule has 0 bridgehead atoms. The van der Waals surface area contributed by atoms with Crippen LogP contribution in [0.4, 0.5) is 5.69 Å². The molecule has 0 aliphatic carbocycles. The van der Waals surface area contributed by atoms with Crippen LogP contribution in [-0.2, 0) is 10.0 Å². The van der Waals surface area contributed by atoms with E-state index < -0.39 is 10.0 Å². The summed E-state index contributed by atoms with van der Waals surface area (Å²) in [7, 11) is -0.993. The Labute approximate surface area is 128 Å². The van der Waals surface area contributed by atoms with E-state index in [9.17, 15) is 8.42 Å². The minimum Gasteiger partial charge on any atom is -0.497 e. The predicted molar refractivity (Wildman–Crippen MR) is 81.8 cm³/mol. The summed E-state index contributed by atoms with van der Waals surface area (Å²) in [5, 5.41) is 0.308. The van der Waals surface area contributed by atoms with E-state index in [1.165, 1.54) is 26.4 Å². The van der Waals surface area contributed by atoms with E-state index in [4.69, 9.17) is 21.1 Å². The Balaban J connectivity index is 2.46. The smallest absolute Gasteiger partial charge is 0.265 e. The first-order valence-electron chi connectivity index (χ1n) is 5.97. The van der Waals surface area contributed by atoms with E-state index in [0.29, 0.717) is 16.5 Å². The highest BCUT2D eigenvalue weighted by Crippen LogP contribution is 2.31. The molecule has 0 fully saturated rings. The van der Waals surface area contributed by atoms with Gasteiger partial charge in [-0.3, -0.25) is 4.72 Å². The molecule has 0 saturated carbocycles. The van der Waals surface area contributed by atoms with Crippen LogP contribution in [0.5, 0.6) is 11.5 Å². The third-order valence-electron chi connectivity index (χ3n) is 2.78. The van der Waals surface area contributed by atoms with Crippen molar-refractivity contribution >= 4 is 27.3 Å². The molecule has 112 valence electrons. The van der Waals surface area contributed by atoms with Gasteiger partial charge in [0.2, 0.25) is 0 Å². The first kappa shape index (κ1) is 15.5. The zero-order valence-electron chi connectivity index (χ0n) is 11.5. The standard InChI is InChI=1S/C14H14ClNO4S/c1-19-10-7-8-13(20-2)14(9-10)21(17,18)16-12-6-4-3-5-11(12)15/h3-9,16H,1-2H3. The molecule has 0 heterocycles. The summed E-state index contributed by atoms with van der Waals surface area (Å²) in [5.74, 6) is 0.630. The maximum Gasteiger partial charge on any atom is 0.265 e. The molecule has 0 amide bonds. The number of rotatable bonds is 5. The summed E-state index contributed by atoms with van der Waals surface area (Å²) in [5.41, 5.74) is 0.295. The highest BCUT2D eigenvalue weighted by molar-refractivity contribution is 7.92. The number of methoxy groups -OCH3 is 2. The number of anilines is 1. The van der Waals surface area contributed by atoms with Gasteiger partial charge in [-0.15, -0.1) is 0 Å². The van der Waals surface area contributed by atoms with Crippen LogP contribution in [0.2, 0.25) is 5.02 Å². The van der Waals surface area contributed by atoms with Gasteiger partial charge in [0.1, 0.15) is 16.4 Å². The van der Waals surface area contributed by atoms with Crippen molar-refractivity contribution in [3.8, 4) is 11.5 Å². The summed E-state index contributed by atoms with van der Waals surface area (Å²) < 4.78 is 37.6. The number of halogens is 1. The van der Waals surface area contributed by atoms with E-state index >= 15 is 0 Å². The Bertz CT molecular complexity index is 746. The maximum absolute atomic E-state index is 12.5. The molecule has 0 atom stereocenters. The quantitative estimate of drug-likeness (QED) is 0.916. The Morgan fingerprint density at radius 1 is 1.05 bits per heavy atom. The molecule has 7 heteroatoms. The number of ether oxygens (including phenoxy) is 2.